The number of aromatic nitrogens is 1. The van der Waals surface area contributed by atoms with E-state index in [9.17, 15) is 4.79 Å². The number of nitrogens with zero attached hydrogens (tertiary/aromatic N) is 1. The minimum Gasteiger partial charge on any atom is -0.347 e. The minimum absolute atomic E-state index is 0.135. The van der Waals surface area contributed by atoms with Gasteiger partial charge in [0, 0.05) is 34.5 Å². The Kier molecular flexibility index (Phi) is 4.10. The lowest BCUT2D eigenvalue weighted by Gasteiger charge is -2.07. The highest BCUT2D eigenvalue weighted by Gasteiger charge is 2.14. The zero-order valence-corrected chi connectivity index (χ0v) is 13.4. The molecule has 0 radical (unpaired) electrons. The summed E-state index contributed by atoms with van der Waals surface area (Å²) >= 11 is 12.0. The predicted octanol–water partition coefficient (Wildman–Crippen LogP) is 4.42. The van der Waals surface area contributed by atoms with Gasteiger partial charge >= 0.3 is 0 Å². The third-order valence-corrected chi connectivity index (χ3v) is 4.21. The second kappa shape index (κ2) is 6.03. The highest BCUT2D eigenvalue weighted by Crippen LogP contribution is 2.26. The van der Waals surface area contributed by atoms with Gasteiger partial charge in [0.1, 0.15) is 5.69 Å². The topological polar surface area (TPSA) is 34.0 Å². The third-order valence-electron chi connectivity index (χ3n) is 3.63. The lowest BCUT2D eigenvalue weighted by molar-refractivity contribution is 0.0943. The average molecular weight is 333 g/mol. The molecule has 1 N–H and O–H groups in total. The van der Waals surface area contributed by atoms with Gasteiger partial charge in [-0.2, -0.15) is 0 Å². The molecular formula is C17H14Cl2N2O. The quantitative estimate of drug-likeness (QED) is 0.757. The molecule has 22 heavy (non-hydrogen) atoms. The van der Waals surface area contributed by atoms with Crippen LogP contribution in [0.1, 0.15) is 16.1 Å². The van der Waals surface area contributed by atoms with Gasteiger partial charge in [-0.05, 0) is 35.9 Å². The second-order valence-corrected chi connectivity index (χ2v) is 5.91. The van der Waals surface area contributed by atoms with Crippen molar-refractivity contribution in [1.29, 1.82) is 0 Å². The number of halogens is 2. The second-order valence-electron chi connectivity index (χ2n) is 5.07. The number of hydrogen-bond acceptors (Lipinski definition) is 1. The van der Waals surface area contributed by atoms with Gasteiger partial charge in [0.05, 0.1) is 0 Å². The van der Waals surface area contributed by atoms with Crippen molar-refractivity contribution in [2.45, 2.75) is 6.54 Å². The molecular weight excluding hydrogens is 319 g/mol. The number of benzene rings is 2. The van der Waals surface area contributed by atoms with Crippen LogP contribution in [0.2, 0.25) is 10.0 Å². The Morgan fingerprint density at radius 1 is 1.14 bits per heavy atom. The molecule has 3 aromatic rings. The Labute approximate surface area is 138 Å². The molecule has 0 aliphatic rings. The van der Waals surface area contributed by atoms with Crippen molar-refractivity contribution in [2.24, 2.45) is 7.05 Å². The van der Waals surface area contributed by atoms with Crippen molar-refractivity contribution in [3.8, 4) is 0 Å². The summed E-state index contributed by atoms with van der Waals surface area (Å²) in [6.07, 6.45) is 0. The van der Waals surface area contributed by atoms with Gasteiger partial charge < -0.3 is 9.88 Å². The summed E-state index contributed by atoms with van der Waals surface area (Å²) in [7, 11) is 1.86. The Bertz CT molecular complexity index is 838. The molecule has 112 valence electrons. The lowest BCUT2D eigenvalue weighted by atomic mass is 10.2. The Balaban J connectivity index is 1.82. The molecule has 1 amide bonds. The molecule has 1 heterocycles. The van der Waals surface area contributed by atoms with Gasteiger partial charge in [-0.15, -0.1) is 0 Å². The zero-order chi connectivity index (χ0) is 15.7. The largest absolute Gasteiger partial charge is 0.347 e. The maximum atomic E-state index is 12.4. The van der Waals surface area contributed by atoms with Crippen molar-refractivity contribution >= 4 is 40.0 Å². The highest BCUT2D eigenvalue weighted by atomic mass is 35.5. The molecule has 0 saturated carbocycles. The maximum absolute atomic E-state index is 12.4. The number of amides is 1. The van der Waals surface area contributed by atoms with Crippen LogP contribution in [0.5, 0.6) is 0 Å². The van der Waals surface area contributed by atoms with Gasteiger partial charge in [-0.1, -0.05) is 41.4 Å². The van der Waals surface area contributed by atoms with Crippen LogP contribution in [0.25, 0.3) is 10.9 Å². The fourth-order valence-corrected chi connectivity index (χ4v) is 2.77. The number of rotatable bonds is 3. The maximum Gasteiger partial charge on any atom is 0.268 e. The molecule has 3 nitrogen and oxygen atoms in total. The van der Waals surface area contributed by atoms with E-state index in [0.717, 1.165) is 16.5 Å². The molecule has 1 aromatic heterocycles. The smallest absolute Gasteiger partial charge is 0.268 e. The third kappa shape index (κ3) is 2.82. The number of hydrogen-bond donors (Lipinski definition) is 1. The van der Waals surface area contributed by atoms with Crippen molar-refractivity contribution in [3.63, 3.8) is 0 Å². The molecule has 0 unspecified atom stereocenters. The summed E-state index contributed by atoms with van der Waals surface area (Å²) in [6.45, 7) is 0.450. The van der Waals surface area contributed by atoms with Crippen molar-refractivity contribution in [2.75, 3.05) is 0 Å². The van der Waals surface area contributed by atoms with E-state index >= 15 is 0 Å². The molecule has 3 rings (SSSR count). The molecule has 2 aromatic carbocycles. The zero-order valence-electron chi connectivity index (χ0n) is 11.9. The van der Waals surface area contributed by atoms with Crippen molar-refractivity contribution in [1.82, 2.24) is 9.88 Å². The minimum atomic E-state index is -0.135. The summed E-state index contributed by atoms with van der Waals surface area (Å²) < 4.78 is 1.85. The molecule has 0 spiro atoms. The Morgan fingerprint density at radius 2 is 1.86 bits per heavy atom. The summed E-state index contributed by atoms with van der Waals surface area (Å²) in [5.41, 5.74) is 2.51. The monoisotopic (exact) mass is 332 g/mol. The van der Waals surface area contributed by atoms with Gasteiger partial charge in [-0.25, -0.2) is 0 Å². The van der Waals surface area contributed by atoms with E-state index in [-0.39, 0.29) is 5.91 Å². The lowest BCUT2D eigenvalue weighted by Crippen LogP contribution is -2.24. The molecule has 0 aliphatic carbocycles. The van der Waals surface area contributed by atoms with Crippen LogP contribution in [-0.4, -0.2) is 10.5 Å². The number of aryl methyl sites for hydroxylation is 1. The number of nitrogens with one attached hydrogen (secondary N) is 1. The van der Waals surface area contributed by atoms with Gasteiger partial charge in [0.25, 0.3) is 5.91 Å². The Morgan fingerprint density at radius 3 is 2.55 bits per heavy atom. The normalized spacial score (nSPS) is 10.9. The first kappa shape index (κ1) is 14.9. The first-order valence-electron chi connectivity index (χ1n) is 6.83. The van der Waals surface area contributed by atoms with Crippen LogP contribution in [-0.2, 0) is 13.6 Å². The molecule has 0 saturated heterocycles. The summed E-state index contributed by atoms with van der Waals surface area (Å²) in [4.78, 5) is 12.4. The average Bonchev–Trinajstić information content (AvgIpc) is 2.85. The van der Waals surface area contributed by atoms with Gasteiger partial charge in [0.15, 0.2) is 0 Å². The van der Waals surface area contributed by atoms with Crippen molar-refractivity contribution in [3.05, 3.63) is 69.8 Å². The summed E-state index contributed by atoms with van der Waals surface area (Å²) in [6, 6.07) is 14.8. The van der Waals surface area contributed by atoms with Crippen molar-refractivity contribution < 1.29 is 4.79 Å². The van der Waals surface area contributed by atoms with E-state index in [2.05, 4.69) is 5.32 Å². The summed E-state index contributed by atoms with van der Waals surface area (Å²) in [5, 5.41) is 5.11. The first-order chi connectivity index (χ1) is 10.6. The number of fused-ring (bicyclic) bond motifs is 1. The van der Waals surface area contributed by atoms with Gasteiger partial charge in [-0.3, -0.25) is 4.79 Å². The van der Waals surface area contributed by atoms with Crippen LogP contribution in [0.4, 0.5) is 0 Å². The standard InChI is InChI=1S/C17H14Cl2N2O/c1-21-15-4-2-3-14(19)13(15)9-16(21)17(22)20-10-11-5-7-12(18)8-6-11/h2-9H,10H2,1H3,(H,20,22). The van der Waals surface area contributed by atoms with E-state index in [1.807, 2.05) is 48.0 Å². The van der Waals surface area contributed by atoms with E-state index in [0.29, 0.717) is 22.3 Å². The molecule has 0 atom stereocenters. The van der Waals surface area contributed by atoms with Crippen LogP contribution in [0.15, 0.2) is 48.5 Å². The fraction of sp³-hybridized carbons (Fsp3) is 0.118. The molecule has 0 aliphatic heterocycles. The highest BCUT2D eigenvalue weighted by molar-refractivity contribution is 6.35. The van der Waals surface area contributed by atoms with Crippen LogP contribution >= 0.6 is 23.2 Å². The number of carbonyl (C=O) groups is 1. The number of carbonyl (C=O) groups excluding carboxylic acids is 1. The van der Waals surface area contributed by atoms with Gasteiger partial charge in [0.2, 0.25) is 0 Å². The van der Waals surface area contributed by atoms with E-state index in [4.69, 9.17) is 23.2 Å². The van der Waals surface area contributed by atoms with E-state index < -0.39 is 0 Å². The van der Waals surface area contributed by atoms with Crippen LogP contribution < -0.4 is 5.32 Å². The van der Waals surface area contributed by atoms with Crippen LogP contribution in [0, 0.1) is 0 Å². The SMILES string of the molecule is Cn1c(C(=O)NCc2ccc(Cl)cc2)cc2c(Cl)cccc21. The fourth-order valence-electron chi connectivity index (χ4n) is 2.42. The van der Waals surface area contributed by atoms with E-state index in [1.54, 1.807) is 12.1 Å². The molecule has 0 fully saturated rings. The summed E-state index contributed by atoms with van der Waals surface area (Å²) in [5.74, 6) is -0.135. The Hall–Kier alpha value is -1.97. The first-order valence-corrected chi connectivity index (χ1v) is 7.58. The predicted molar refractivity (Wildman–Crippen MR) is 90.6 cm³/mol. The molecule has 0 bridgehead atoms. The van der Waals surface area contributed by atoms with Crippen LogP contribution in [0.3, 0.4) is 0 Å². The van der Waals surface area contributed by atoms with E-state index in [1.165, 1.54) is 0 Å². The molecule has 5 heteroatoms.